The molecule has 1 unspecified atom stereocenters. The molecule has 110 valence electrons. The van der Waals surface area contributed by atoms with Gasteiger partial charge in [-0.3, -0.25) is 4.79 Å². The molecule has 3 heteroatoms. The molecule has 3 rings (SSSR count). The van der Waals surface area contributed by atoms with Crippen LogP contribution in [0, 0.1) is 17.3 Å². The quantitative estimate of drug-likeness (QED) is 0.666. The number of rotatable bonds is 0. The minimum Gasteiger partial charge on any atom is -0.326 e. The van der Waals surface area contributed by atoms with E-state index in [0.29, 0.717) is 16.0 Å². The molecule has 0 radical (unpaired) electrons. The molecule has 1 aromatic carbocycles. The predicted octanol–water partition coefficient (Wildman–Crippen LogP) is 3.87. The Morgan fingerprint density at radius 2 is 2.00 bits per heavy atom. The predicted molar refractivity (Wildman–Crippen MR) is 85.0 cm³/mol. The van der Waals surface area contributed by atoms with Crippen molar-refractivity contribution in [3.8, 4) is 11.8 Å². The zero-order chi connectivity index (χ0) is 15.1. The number of benzene rings is 1. The number of likely N-dealkylation sites (tertiary alicyclic amines) is 1. The third-order valence-electron chi connectivity index (χ3n) is 4.87. The molecule has 2 fully saturated rings. The first-order valence-corrected chi connectivity index (χ1v) is 7.88. The molecule has 1 saturated carbocycles. The Kier molecular flexibility index (Phi) is 3.50. The van der Waals surface area contributed by atoms with Gasteiger partial charge < -0.3 is 4.90 Å². The molecule has 1 aliphatic heterocycles. The molecule has 2 nitrogen and oxygen atoms in total. The van der Waals surface area contributed by atoms with Crippen LogP contribution in [0.3, 0.4) is 0 Å². The summed E-state index contributed by atoms with van der Waals surface area (Å²) >= 11 is 6.07. The van der Waals surface area contributed by atoms with Crippen LogP contribution in [0.15, 0.2) is 24.3 Å². The Morgan fingerprint density at radius 3 is 2.57 bits per heavy atom. The zero-order valence-electron chi connectivity index (χ0n) is 12.6. The third kappa shape index (κ3) is 2.68. The standard InChI is InChI=1S/C18H20ClNO/c1-17(2)9-10-18(13-17)11-12-20(18)16(21)8-7-14-5-3-4-6-15(14)19/h3-6H,9-13H2,1-2H3. The van der Waals surface area contributed by atoms with Crippen molar-refractivity contribution in [3.05, 3.63) is 34.9 Å². The maximum absolute atomic E-state index is 12.4. The van der Waals surface area contributed by atoms with E-state index in [1.165, 1.54) is 6.42 Å². The average Bonchev–Trinajstić information content (AvgIpc) is 2.75. The van der Waals surface area contributed by atoms with Gasteiger partial charge in [0.25, 0.3) is 5.91 Å². The number of carbonyl (C=O) groups excluding carboxylic acids is 1. The molecule has 1 spiro atoms. The molecular formula is C18H20ClNO. The second-order valence-corrected chi connectivity index (χ2v) is 7.41. The van der Waals surface area contributed by atoms with Crippen LogP contribution >= 0.6 is 11.6 Å². The zero-order valence-corrected chi connectivity index (χ0v) is 13.3. The maximum atomic E-state index is 12.4. The van der Waals surface area contributed by atoms with Gasteiger partial charge in [0.05, 0.1) is 5.02 Å². The summed E-state index contributed by atoms with van der Waals surface area (Å²) in [7, 11) is 0. The van der Waals surface area contributed by atoms with Gasteiger partial charge in [-0.05, 0) is 43.2 Å². The molecule has 1 atom stereocenters. The molecule has 1 aromatic rings. The molecule has 2 aliphatic rings. The van der Waals surface area contributed by atoms with E-state index in [1.54, 1.807) is 6.07 Å². The fraction of sp³-hybridized carbons (Fsp3) is 0.500. The maximum Gasteiger partial charge on any atom is 0.299 e. The highest BCUT2D eigenvalue weighted by Gasteiger charge is 2.53. The largest absolute Gasteiger partial charge is 0.326 e. The molecule has 1 aliphatic carbocycles. The van der Waals surface area contributed by atoms with Crippen LogP contribution in [0.1, 0.15) is 45.1 Å². The van der Waals surface area contributed by atoms with Crippen molar-refractivity contribution in [2.75, 3.05) is 6.54 Å². The highest BCUT2D eigenvalue weighted by atomic mass is 35.5. The normalized spacial score (nSPS) is 26.1. The van der Waals surface area contributed by atoms with Crippen LogP contribution < -0.4 is 0 Å². The van der Waals surface area contributed by atoms with Crippen molar-refractivity contribution in [3.63, 3.8) is 0 Å². The first-order chi connectivity index (χ1) is 9.92. The van der Waals surface area contributed by atoms with Gasteiger partial charge in [0, 0.05) is 23.6 Å². The third-order valence-corrected chi connectivity index (χ3v) is 5.20. The Morgan fingerprint density at radius 1 is 1.24 bits per heavy atom. The van der Waals surface area contributed by atoms with E-state index in [-0.39, 0.29) is 11.4 Å². The summed E-state index contributed by atoms with van der Waals surface area (Å²) in [5, 5.41) is 0.595. The van der Waals surface area contributed by atoms with Gasteiger partial charge in [0.2, 0.25) is 0 Å². The lowest BCUT2D eigenvalue weighted by Crippen LogP contribution is -2.60. The van der Waals surface area contributed by atoms with E-state index < -0.39 is 0 Å². The van der Waals surface area contributed by atoms with Crippen molar-refractivity contribution in [1.29, 1.82) is 0 Å². The van der Waals surface area contributed by atoms with E-state index in [9.17, 15) is 4.79 Å². The monoisotopic (exact) mass is 301 g/mol. The van der Waals surface area contributed by atoms with Gasteiger partial charge in [-0.15, -0.1) is 0 Å². The summed E-state index contributed by atoms with van der Waals surface area (Å²) in [4.78, 5) is 14.4. The summed E-state index contributed by atoms with van der Waals surface area (Å²) in [6, 6.07) is 7.37. The van der Waals surface area contributed by atoms with E-state index in [2.05, 4.69) is 25.7 Å². The van der Waals surface area contributed by atoms with Gasteiger partial charge in [-0.2, -0.15) is 0 Å². The van der Waals surface area contributed by atoms with Gasteiger partial charge >= 0.3 is 0 Å². The van der Waals surface area contributed by atoms with Gasteiger partial charge in [-0.1, -0.05) is 43.5 Å². The first kappa shape index (κ1) is 14.5. The Labute approximate surface area is 131 Å². The van der Waals surface area contributed by atoms with Gasteiger partial charge in [0.15, 0.2) is 0 Å². The SMILES string of the molecule is CC1(C)CCC2(CCN2C(=O)C#Cc2ccccc2Cl)C1. The van der Waals surface area contributed by atoms with E-state index in [4.69, 9.17) is 11.6 Å². The summed E-state index contributed by atoms with van der Waals surface area (Å²) in [6.07, 6.45) is 4.52. The van der Waals surface area contributed by atoms with Crippen LogP contribution in [0.2, 0.25) is 5.02 Å². The topological polar surface area (TPSA) is 20.3 Å². The fourth-order valence-corrected chi connectivity index (χ4v) is 3.87. The van der Waals surface area contributed by atoms with Crippen LogP contribution in [0.25, 0.3) is 0 Å². The summed E-state index contributed by atoms with van der Waals surface area (Å²) in [5.74, 6) is 5.63. The minimum absolute atomic E-state index is 0.0566. The van der Waals surface area contributed by atoms with E-state index >= 15 is 0 Å². The summed E-state index contributed by atoms with van der Waals surface area (Å²) < 4.78 is 0. The number of amides is 1. The number of hydrogen-bond donors (Lipinski definition) is 0. The summed E-state index contributed by atoms with van der Waals surface area (Å²) in [6.45, 7) is 5.42. The Hall–Kier alpha value is -1.46. The first-order valence-electron chi connectivity index (χ1n) is 7.50. The average molecular weight is 302 g/mol. The highest BCUT2D eigenvalue weighted by Crippen LogP contribution is 2.52. The number of halogens is 1. The second-order valence-electron chi connectivity index (χ2n) is 7.00. The van der Waals surface area contributed by atoms with Crippen LogP contribution in [-0.2, 0) is 4.79 Å². The molecule has 0 aromatic heterocycles. The smallest absolute Gasteiger partial charge is 0.299 e. The molecule has 1 heterocycles. The Bertz CT molecular complexity index is 640. The van der Waals surface area contributed by atoms with Gasteiger partial charge in [-0.25, -0.2) is 0 Å². The van der Waals surface area contributed by atoms with Crippen molar-refractivity contribution in [2.45, 2.75) is 45.1 Å². The van der Waals surface area contributed by atoms with Gasteiger partial charge in [0.1, 0.15) is 0 Å². The van der Waals surface area contributed by atoms with Crippen molar-refractivity contribution >= 4 is 17.5 Å². The molecule has 21 heavy (non-hydrogen) atoms. The van der Waals surface area contributed by atoms with Crippen molar-refractivity contribution in [2.24, 2.45) is 5.41 Å². The van der Waals surface area contributed by atoms with Crippen molar-refractivity contribution < 1.29 is 4.79 Å². The number of carbonyl (C=O) groups is 1. The molecule has 1 amide bonds. The van der Waals surface area contributed by atoms with Crippen LogP contribution in [0.5, 0.6) is 0 Å². The van der Waals surface area contributed by atoms with E-state index in [1.807, 2.05) is 23.1 Å². The number of hydrogen-bond acceptors (Lipinski definition) is 1. The van der Waals surface area contributed by atoms with E-state index in [0.717, 1.165) is 25.8 Å². The van der Waals surface area contributed by atoms with Crippen LogP contribution in [0.4, 0.5) is 0 Å². The lowest BCUT2D eigenvalue weighted by molar-refractivity contribution is -0.140. The van der Waals surface area contributed by atoms with Crippen molar-refractivity contribution in [1.82, 2.24) is 4.90 Å². The molecule has 0 N–H and O–H groups in total. The molecule has 0 bridgehead atoms. The Balaban J connectivity index is 1.75. The highest BCUT2D eigenvalue weighted by molar-refractivity contribution is 6.31. The lowest BCUT2D eigenvalue weighted by Gasteiger charge is -2.50. The van der Waals surface area contributed by atoms with Crippen LogP contribution in [-0.4, -0.2) is 22.9 Å². The molecular weight excluding hydrogens is 282 g/mol. The second kappa shape index (κ2) is 5.07. The number of nitrogens with zero attached hydrogens (tertiary/aromatic N) is 1. The minimum atomic E-state index is -0.0566. The summed E-state index contributed by atoms with van der Waals surface area (Å²) in [5.41, 5.74) is 1.14. The molecule has 1 saturated heterocycles. The fourth-order valence-electron chi connectivity index (χ4n) is 3.69. The lowest BCUT2D eigenvalue weighted by atomic mass is 9.79.